The molecule has 0 radical (unpaired) electrons. The fraction of sp³-hybridized carbons (Fsp3) is 0.227. The molecule has 0 aliphatic heterocycles. The molecule has 3 rings (SSSR count). The molecule has 0 unspecified atom stereocenters. The second-order valence-corrected chi connectivity index (χ2v) is 6.23. The van der Waals surface area contributed by atoms with Gasteiger partial charge in [0.2, 0.25) is 5.91 Å². The monoisotopic (exact) mass is 365 g/mol. The first-order chi connectivity index (χ1) is 13.2. The number of furan rings is 1. The van der Waals surface area contributed by atoms with Gasteiger partial charge < -0.3 is 19.6 Å². The highest BCUT2D eigenvalue weighted by molar-refractivity contribution is 5.76. The standard InChI is InChI=1S/C22H23NO4/c1-26-18-9-7-16(8-10-18)20(24)15-23-22(25)14-12-19-11-13-21(27-19)17-5-3-2-4-6-17/h2-11,13,20,24H,12,14-15H2,1H3,(H,23,25)/t20-/m1/s1. The zero-order valence-corrected chi connectivity index (χ0v) is 15.2. The summed E-state index contributed by atoms with van der Waals surface area (Å²) in [5.41, 5.74) is 1.74. The number of aliphatic hydroxyl groups is 1. The zero-order valence-electron chi connectivity index (χ0n) is 15.2. The predicted molar refractivity (Wildman–Crippen MR) is 103 cm³/mol. The molecule has 0 aliphatic carbocycles. The third-order valence-corrected chi connectivity index (χ3v) is 4.31. The minimum Gasteiger partial charge on any atom is -0.497 e. The summed E-state index contributed by atoms with van der Waals surface area (Å²) in [7, 11) is 1.59. The average Bonchev–Trinajstić information content (AvgIpc) is 3.20. The van der Waals surface area contributed by atoms with E-state index >= 15 is 0 Å². The van der Waals surface area contributed by atoms with E-state index in [1.807, 2.05) is 42.5 Å². The Labute approximate surface area is 158 Å². The highest BCUT2D eigenvalue weighted by Gasteiger charge is 2.11. The van der Waals surface area contributed by atoms with Crippen LogP contribution in [0.2, 0.25) is 0 Å². The second-order valence-electron chi connectivity index (χ2n) is 6.23. The normalized spacial score (nSPS) is 11.8. The number of aryl methyl sites for hydroxylation is 1. The van der Waals surface area contributed by atoms with Gasteiger partial charge in [-0.15, -0.1) is 0 Å². The van der Waals surface area contributed by atoms with Crippen molar-refractivity contribution >= 4 is 5.91 Å². The maximum absolute atomic E-state index is 12.0. The number of aliphatic hydroxyl groups excluding tert-OH is 1. The topological polar surface area (TPSA) is 71.7 Å². The first kappa shape index (κ1) is 18.7. The maximum atomic E-state index is 12.0. The van der Waals surface area contributed by atoms with Crippen molar-refractivity contribution < 1.29 is 19.1 Å². The molecule has 27 heavy (non-hydrogen) atoms. The summed E-state index contributed by atoms with van der Waals surface area (Å²) < 4.78 is 10.9. The van der Waals surface area contributed by atoms with Crippen LogP contribution in [-0.2, 0) is 11.2 Å². The number of hydrogen-bond donors (Lipinski definition) is 2. The number of ether oxygens (including phenoxy) is 1. The lowest BCUT2D eigenvalue weighted by Gasteiger charge is -2.12. The molecular weight excluding hydrogens is 342 g/mol. The number of amides is 1. The zero-order chi connectivity index (χ0) is 19.1. The summed E-state index contributed by atoms with van der Waals surface area (Å²) >= 11 is 0. The molecule has 1 aromatic heterocycles. The molecule has 0 bridgehead atoms. The molecule has 1 atom stereocenters. The van der Waals surface area contributed by atoms with E-state index in [4.69, 9.17) is 9.15 Å². The molecule has 2 N–H and O–H groups in total. The van der Waals surface area contributed by atoms with E-state index in [2.05, 4.69) is 5.32 Å². The fourth-order valence-electron chi connectivity index (χ4n) is 2.75. The lowest BCUT2D eigenvalue weighted by molar-refractivity contribution is -0.121. The Bertz CT molecular complexity index is 856. The van der Waals surface area contributed by atoms with Gasteiger partial charge in [-0.05, 0) is 29.8 Å². The van der Waals surface area contributed by atoms with E-state index in [9.17, 15) is 9.90 Å². The molecule has 0 fully saturated rings. The van der Waals surface area contributed by atoms with Crippen LogP contribution in [0.25, 0.3) is 11.3 Å². The van der Waals surface area contributed by atoms with Gasteiger partial charge in [-0.25, -0.2) is 0 Å². The van der Waals surface area contributed by atoms with Crippen LogP contribution in [0.3, 0.4) is 0 Å². The van der Waals surface area contributed by atoms with Gasteiger partial charge in [0.05, 0.1) is 13.2 Å². The van der Waals surface area contributed by atoms with Crippen LogP contribution in [0.5, 0.6) is 5.75 Å². The molecule has 1 amide bonds. The van der Waals surface area contributed by atoms with E-state index in [-0.39, 0.29) is 12.5 Å². The molecule has 140 valence electrons. The number of carbonyl (C=O) groups is 1. The Hall–Kier alpha value is -3.05. The first-order valence-corrected chi connectivity index (χ1v) is 8.88. The Balaban J connectivity index is 1.45. The Morgan fingerprint density at radius 2 is 1.81 bits per heavy atom. The predicted octanol–water partition coefficient (Wildman–Crippen LogP) is 3.74. The molecule has 5 nitrogen and oxygen atoms in total. The minimum atomic E-state index is -0.756. The highest BCUT2D eigenvalue weighted by atomic mass is 16.5. The number of nitrogens with one attached hydrogen (secondary N) is 1. The van der Waals surface area contributed by atoms with E-state index in [0.717, 1.165) is 28.4 Å². The number of benzene rings is 2. The maximum Gasteiger partial charge on any atom is 0.220 e. The van der Waals surface area contributed by atoms with E-state index < -0.39 is 6.10 Å². The number of hydrogen-bond acceptors (Lipinski definition) is 4. The van der Waals surface area contributed by atoms with Crippen molar-refractivity contribution in [1.82, 2.24) is 5.32 Å². The van der Waals surface area contributed by atoms with Gasteiger partial charge in [-0.1, -0.05) is 42.5 Å². The van der Waals surface area contributed by atoms with Crippen LogP contribution in [0.15, 0.2) is 71.1 Å². The molecule has 0 aliphatic rings. The Morgan fingerprint density at radius 3 is 2.52 bits per heavy atom. The largest absolute Gasteiger partial charge is 0.497 e. The van der Waals surface area contributed by atoms with Crippen molar-refractivity contribution in [3.8, 4) is 17.1 Å². The number of methoxy groups -OCH3 is 1. The molecule has 0 saturated heterocycles. The molecule has 2 aromatic carbocycles. The fourth-order valence-corrected chi connectivity index (χ4v) is 2.75. The SMILES string of the molecule is COc1ccc([C@H](O)CNC(=O)CCc2ccc(-c3ccccc3)o2)cc1. The van der Waals surface area contributed by atoms with Gasteiger partial charge in [-0.2, -0.15) is 0 Å². The quantitative estimate of drug-likeness (QED) is 0.638. The summed E-state index contributed by atoms with van der Waals surface area (Å²) in [6.45, 7) is 0.165. The number of carbonyl (C=O) groups excluding carboxylic acids is 1. The molecule has 5 heteroatoms. The van der Waals surface area contributed by atoms with Gasteiger partial charge in [0.25, 0.3) is 0 Å². The highest BCUT2D eigenvalue weighted by Crippen LogP contribution is 2.22. The van der Waals surface area contributed by atoms with Crippen molar-refractivity contribution in [3.63, 3.8) is 0 Å². The molecular formula is C22H23NO4. The number of rotatable bonds is 8. The van der Waals surface area contributed by atoms with E-state index in [1.165, 1.54) is 0 Å². The first-order valence-electron chi connectivity index (χ1n) is 8.88. The molecule has 0 saturated carbocycles. The Kier molecular flexibility index (Phi) is 6.28. The van der Waals surface area contributed by atoms with E-state index in [1.54, 1.807) is 31.4 Å². The molecule has 1 heterocycles. The van der Waals surface area contributed by atoms with Crippen LogP contribution in [-0.4, -0.2) is 24.7 Å². The third kappa shape index (κ3) is 5.21. The Morgan fingerprint density at radius 1 is 1.07 bits per heavy atom. The summed E-state index contributed by atoms with van der Waals surface area (Å²) in [4.78, 5) is 12.0. The van der Waals surface area contributed by atoms with Crippen LogP contribution < -0.4 is 10.1 Å². The third-order valence-electron chi connectivity index (χ3n) is 4.31. The van der Waals surface area contributed by atoms with Crippen molar-refractivity contribution in [2.24, 2.45) is 0 Å². The van der Waals surface area contributed by atoms with E-state index in [0.29, 0.717) is 12.8 Å². The van der Waals surface area contributed by atoms with Gasteiger partial charge >= 0.3 is 0 Å². The summed E-state index contributed by atoms with van der Waals surface area (Å²) in [6.07, 6.45) is 0.0575. The van der Waals surface area contributed by atoms with Gasteiger partial charge in [0, 0.05) is 24.9 Å². The van der Waals surface area contributed by atoms with Crippen molar-refractivity contribution in [1.29, 1.82) is 0 Å². The smallest absolute Gasteiger partial charge is 0.220 e. The molecule has 3 aromatic rings. The van der Waals surface area contributed by atoms with Crippen LogP contribution in [0.4, 0.5) is 0 Å². The molecule has 0 spiro atoms. The van der Waals surface area contributed by atoms with Gasteiger partial charge in [0.1, 0.15) is 17.3 Å². The van der Waals surface area contributed by atoms with Crippen molar-refractivity contribution in [2.75, 3.05) is 13.7 Å². The summed E-state index contributed by atoms with van der Waals surface area (Å²) in [5, 5.41) is 12.9. The van der Waals surface area contributed by atoms with Crippen LogP contribution >= 0.6 is 0 Å². The average molecular weight is 365 g/mol. The minimum absolute atomic E-state index is 0.125. The van der Waals surface area contributed by atoms with Crippen molar-refractivity contribution in [2.45, 2.75) is 18.9 Å². The van der Waals surface area contributed by atoms with Crippen molar-refractivity contribution in [3.05, 3.63) is 78.1 Å². The lowest BCUT2D eigenvalue weighted by Crippen LogP contribution is -2.28. The lowest BCUT2D eigenvalue weighted by atomic mass is 10.1. The summed E-state index contributed by atoms with van der Waals surface area (Å²) in [6, 6.07) is 20.8. The summed E-state index contributed by atoms with van der Waals surface area (Å²) in [5.74, 6) is 2.16. The van der Waals surface area contributed by atoms with Crippen LogP contribution in [0.1, 0.15) is 23.8 Å². The second kappa shape index (κ2) is 9.05. The van der Waals surface area contributed by atoms with Gasteiger partial charge in [-0.3, -0.25) is 4.79 Å². The van der Waals surface area contributed by atoms with Gasteiger partial charge in [0.15, 0.2) is 0 Å². The van der Waals surface area contributed by atoms with Crippen LogP contribution in [0, 0.1) is 0 Å².